The summed E-state index contributed by atoms with van der Waals surface area (Å²) in [5.74, 6) is -0.483. The number of hydrogen-bond donors (Lipinski definition) is 0. The Labute approximate surface area is 176 Å². The number of sulfonamides is 1. The zero-order valence-electron chi connectivity index (χ0n) is 17.2. The van der Waals surface area contributed by atoms with E-state index in [-0.39, 0.29) is 28.9 Å². The van der Waals surface area contributed by atoms with E-state index in [0.29, 0.717) is 30.8 Å². The average molecular weight is 437 g/mol. The number of halogens is 1. The van der Waals surface area contributed by atoms with Gasteiger partial charge in [-0.2, -0.15) is 4.31 Å². The Bertz CT molecular complexity index is 1010. The molecule has 0 aliphatic carbocycles. The van der Waals surface area contributed by atoms with Crippen molar-refractivity contribution < 1.29 is 27.1 Å². The van der Waals surface area contributed by atoms with Crippen LogP contribution in [0.5, 0.6) is 11.5 Å². The van der Waals surface area contributed by atoms with Gasteiger partial charge in [0, 0.05) is 31.9 Å². The van der Waals surface area contributed by atoms with E-state index < -0.39 is 15.9 Å². The van der Waals surface area contributed by atoms with Crippen LogP contribution in [-0.2, 0) is 14.8 Å². The highest BCUT2D eigenvalue weighted by Crippen LogP contribution is 2.33. The van der Waals surface area contributed by atoms with E-state index in [4.69, 9.17) is 9.47 Å². The Kier molecular flexibility index (Phi) is 6.62. The molecule has 1 saturated heterocycles. The van der Waals surface area contributed by atoms with Gasteiger partial charge in [0.25, 0.3) is 0 Å². The highest BCUT2D eigenvalue weighted by atomic mass is 32.2. The topological polar surface area (TPSA) is 76.1 Å². The van der Waals surface area contributed by atoms with Crippen molar-refractivity contribution in [3.8, 4) is 11.5 Å². The van der Waals surface area contributed by atoms with Crippen molar-refractivity contribution in [3.63, 3.8) is 0 Å². The van der Waals surface area contributed by atoms with E-state index in [0.717, 1.165) is 0 Å². The predicted octanol–water partition coefficient (Wildman–Crippen LogP) is 2.91. The molecule has 0 N–H and O–H groups in total. The Hall–Kier alpha value is -2.65. The third-order valence-electron chi connectivity index (χ3n) is 5.27. The second kappa shape index (κ2) is 9.01. The average Bonchev–Trinajstić information content (AvgIpc) is 2.78. The molecule has 0 spiro atoms. The lowest BCUT2D eigenvalue weighted by atomic mass is 9.98. The summed E-state index contributed by atoms with van der Waals surface area (Å²) in [6, 6.07) is 10.2. The van der Waals surface area contributed by atoms with Crippen LogP contribution in [0.25, 0.3) is 0 Å². The molecule has 1 fully saturated rings. The third-order valence-corrected chi connectivity index (χ3v) is 7.15. The van der Waals surface area contributed by atoms with Crippen LogP contribution < -0.4 is 14.4 Å². The Morgan fingerprint density at radius 3 is 2.47 bits per heavy atom. The standard InChI is InChI=1S/C21H25FN2O5S/c1-23(17-8-6-16(22)7-9-17)21(25)15-5-4-12-24(14-15)30(26,27)20-13-18(28-2)10-11-19(20)29-3/h6-11,13,15H,4-5,12,14H2,1-3H3/t15-/m1/s1. The molecule has 0 aromatic heterocycles. The molecule has 2 aromatic carbocycles. The maximum absolute atomic E-state index is 13.3. The SMILES string of the molecule is COc1ccc(OC)c(S(=O)(=O)N2CCC[C@@H](C(=O)N(C)c3ccc(F)cc3)C2)c1. The zero-order chi connectivity index (χ0) is 21.9. The molecule has 7 nitrogen and oxygen atoms in total. The van der Waals surface area contributed by atoms with Gasteiger partial charge in [0.2, 0.25) is 15.9 Å². The molecular weight excluding hydrogens is 411 g/mol. The highest BCUT2D eigenvalue weighted by Gasteiger charge is 2.36. The lowest BCUT2D eigenvalue weighted by Gasteiger charge is -2.33. The maximum Gasteiger partial charge on any atom is 0.246 e. The molecule has 1 aliphatic heterocycles. The Balaban J connectivity index is 1.83. The number of benzene rings is 2. The lowest BCUT2D eigenvalue weighted by molar-refractivity contribution is -0.123. The molecule has 0 unspecified atom stereocenters. The van der Waals surface area contributed by atoms with Gasteiger partial charge in [-0.1, -0.05) is 0 Å². The van der Waals surface area contributed by atoms with Crippen molar-refractivity contribution in [1.29, 1.82) is 0 Å². The zero-order valence-corrected chi connectivity index (χ0v) is 18.0. The molecule has 1 amide bonds. The summed E-state index contributed by atoms with van der Waals surface area (Å²) in [7, 11) is 0.575. The van der Waals surface area contributed by atoms with Gasteiger partial charge in [0.1, 0.15) is 22.2 Å². The van der Waals surface area contributed by atoms with Crippen LogP contribution in [0.2, 0.25) is 0 Å². The summed E-state index contributed by atoms with van der Waals surface area (Å²) >= 11 is 0. The summed E-state index contributed by atoms with van der Waals surface area (Å²) in [4.78, 5) is 14.4. The van der Waals surface area contributed by atoms with E-state index in [2.05, 4.69) is 0 Å². The third kappa shape index (κ3) is 4.41. The number of methoxy groups -OCH3 is 2. The number of piperidine rings is 1. The fourth-order valence-electron chi connectivity index (χ4n) is 3.55. The predicted molar refractivity (Wildman–Crippen MR) is 111 cm³/mol. The van der Waals surface area contributed by atoms with Crippen molar-refractivity contribution >= 4 is 21.6 Å². The number of carbonyl (C=O) groups is 1. The molecule has 0 radical (unpaired) electrons. The smallest absolute Gasteiger partial charge is 0.246 e. The molecule has 1 aliphatic rings. The van der Waals surface area contributed by atoms with Crippen LogP contribution in [0, 0.1) is 11.7 Å². The van der Waals surface area contributed by atoms with Gasteiger partial charge in [-0.25, -0.2) is 12.8 Å². The van der Waals surface area contributed by atoms with Crippen molar-refractivity contribution in [1.82, 2.24) is 4.31 Å². The van der Waals surface area contributed by atoms with Crippen LogP contribution in [0.15, 0.2) is 47.4 Å². The first-order valence-electron chi connectivity index (χ1n) is 9.53. The van der Waals surface area contributed by atoms with Crippen LogP contribution in [-0.4, -0.2) is 53.0 Å². The maximum atomic E-state index is 13.3. The molecule has 3 rings (SSSR count). The minimum Gasteiger partial charge on any atom is -0.497 e. The van der Waals surface area contributed by atoms with E-state index in [1.165, 1.54) is 53.8 Å². The van der Waals surface area contributed by atoms with Crippen LogP contribution in [0.3, 0.4) is 0 Å². The van der Waals surface area contributed by atoms with Crippen molar-refractivity contribution in [2.75, 3.05) is 39.3 Å². The number of hydrogen-bond acceptors (Lipinski definition) is 5. The van der Waals surface area contributed by atoms with E-state index in [1.54, 1.807) is 19.2 Å². The fraction of sp³-hybridized carbons (Fsp3) is 0.381. The van der Waals surface area contributed by atoms with Crippen LogP contribution in [0.1, 0.15) is 12.8 Å². The molecule has 0 bridgehead atoms. The summed E-state index contributed by atoms with van der Waals surface area (Å²) < 4.78 is 51.5. The van der Waals surface area contributed by atoms with E-state index >= 15 is 0 Å². The molecule has 162 valence electrons. The van der Waals surface area contributed by atoms with Crippen molar-refractivity contribution in [3.05, 3.63) is 48.3 Å². The lowest BCUT2D eigenvalue weighted by Crippen LogP contribution is -2.46. The molecule has 9 heteroatoms. The molecule has 1 atom stereocenters. The first kappa shape index (κ1) is 22.0. The number of rotatable bonds is 6. The normalized spacial score (nSPS) is 17.4. The van der Waals surface area contributed by atoms with Crippen molar-refractivity contribution in [2.45, 2.75) is 17.7 Å². The second-order valence-electron chi connectivity index (χ2n) is 7.09. The Morgan fingerprint density at radius 2 is 1.83 bits per heavy atom. The van der Waals surface area contributed by atoms with Crippen LogP contribution in [0.4, 0.5) is 10.1 Å². The van der Waals surface area contributed by atoms with Gasteiger partial charge in [-0.3, -0.25) is 4.79 Å². The number of anilines is 1. The summed E-state index contributed by atoms with van der Waals surface area (Å²) in [6.07, 6.45) is 1.13. The number of ether oxygens (including phenoxy) is 2. The van der Waals surface area contributed by atoms with Crippen LogP contribution >= 0.6 is 0 Å². The van der Waals surface area contributed by atoms with E-state index in [1.807, 2.05) is 0 Å². The van der Waals surface area contributed by atoms with Gasteiger partial charge in [0.15, 0.2) is 0 Å². The number of nitrogens with zero attached hydrogens (tertiary/aromatic N) is 2. The minimum atomic E-state index is -3.89. The summed E-state index contributed by atoms with van der Waals surface area (Å²) in [5, 5.41) is 0. The van der Waals surface area contributed by atoms with Crippen molar-refractivity contribution in [2.24, 2.45) is 5.92 Å². The van der Waals surface area contributed by atoms with Gasteiger partial charge in [-0.15, -0.1) is 0 Å². The van der Waals surface area contributed by atoms with Gasteiger partial charge in [-0.05, 0) is 49.2 Å². The quantitative estimate of drug-likeness (QED) is 0.696. The monoisotopic (exact) mass is 436 g/mol. The second-order valence-corrected chi connectivity index (χ2v) is 9.00. The molecular formula is C21H25FN2O5S. The van der Waals surface area contributed by atoms with Gasteiger partial charge < -0.3 is 14.4 Å². The minimum absolute atomic E-state index is 0.00402. The molecule has 30 heavy (non-hydrogen) atoms. The fourth-order valence-corrected chi connectivity index (χ4v) is 5.25. The first-order valence-corrected chi connectivity index (χ1v) is 11.0. The van der Waals surface area contributed by atoms with Gasteiger partial charge in [0.05, 0.1) is 20.1 Å². The van der Waals surface area contributed by atoms with Gasteiger partial charge >= 0.3 is 0 Å². The highest BCUT2D eigenvalue weighted by molar-refractivity contribution is 7.89. The van der Waals surface area contributed by atoms with E-state index in [9.17, 15) is 17.6 Å². The summed E-state index contributed by atoms with van der Waals surface area (Å²) in [5.41, 5.74) is 0.552. The largest absolute Gasteiger partial charge is 0.497 e. The first-order chi connectivity index (χ1) is 14.3. The molecule has 1 heterocycles. The molecule has 2 aromatic rings. The number of carbonyl (C=O) groups excluding carboxylic acids is 1. The number of amides is 1. The molecule has 0 saturated carbocycles. The Morgan fingerprint density at radius 1 is 1.13 bits per heavy atom. The summed E-state index contributed by atoms with van der Waals surface area (Å²) in [6.45, 7) is 0.375.